The molecule has 1 N–H and O–H groups in total. The van der Waals surface area contributed by atoms with E-state index in [-0.39, 0.29) is 11.9 Å². The molecule has 0 aliphatic rings. The molecule has 1 aromatic heterocycles. The van der Waals surface area contributed by atoms with Crippen LogP contribution in [0.25, 0.3) is 0 Å². The van der Waals surface area contributed by atoms with Crippen LogP contribution in [0.4, 0.5) is 0 Å². The minimum Gasteiger partial charge on any atom is -0.493 e. The maximum Gasteiger partial charge on any atom is 0.251 e. The lowest BCUT2D eigenvalue weighted by Crippen LogP contribution is -2.34. The van der Waals surface area contributed by atoms with Gasteiger partial charge in [-0.15, -0.1) is 0 Å². The summed E-state index contributed by atoms with van der Waals surface area (Å²) in [6.07, 6.45) is 0. The van der Waals surface area contributed by atoms with Gasteiger partial charge in [0.25, 0.3) is 5.91 Å². The molecule has 0 radical (unpaired) electrons. The number of nitrogens with one attached hydrogen (secondary N) is 1. The summed E-state index contributed by atoms with van der Waals surface area (Å²) in [5.41, 5.74) is 1.75. The molecular weight excluding hydrogens is 312 g/mol. The standard InChI is InChI=1S/C17H22N2O3S/c1-19(2)14(13-7-8-23-11-13)10-18-17(20)12-5-6-15(21-3)16(9-12)22-4/h5-9,11,14H,10H2,1-4H3,(H,18,20). The SMILES string of the molecule is COc1ccc(C(=O)NCC(c2ccsc2)N(C)C)cc1OC. The Morgan fingerprint density at radius 1 is 1.22 bits per heavy atom. The van der Waals surface area contributed by atoms with Gasteiger partial charge in [0, 0.05) is 12.1 Å². The molecule has 2 rings (SSSR count). The maximum atomic E-state index is 12.4. The zero-order valence-corrected chi connectivity index (χ0v) is 14.6. The van der Waals surface area contributed by atoms with Gasteiger partial charge in [0.05, 0.1) is 20.3 Å². The van der Waals surface area contributed by atoms with Crippen LogP contribution in [-0.4, -0.2) is 45.7 Å². The first-order valence-corrected chi connectivity index (χ1v) is 8.19. The Balaban J connectivity index is 2.06. The third-order valence-electron chi connectivity index (χ3n) is 3.65. The van der Waals surface area contributed by atoms with Crippen molar-refractivity contribution in [3.8, 4) is 11.5 Å². The molecule has 5 nitrogen and oxygen atoms in total. The number of carbonyl (C=O) groups is 1. The number of carbonyl (C=O) groups excluding carboxylic acids is 1. The highest BCUT2D eigenvalue weighted by atomic mass is 32.1. The number of benzene rings is 1. The van der Waals surface area contributed by atoms with Gasteiger partial charge < -0.3 is 19.7 Å². The third kappa shape index (κ3) is 4.24. The highest BCUT2D eigenvalue weighted by Crippen LogP contribution is 2.27. The molecule has 1 unspecified atom stereocenters. The lowest BCUT2D eigenvalue weighted by atomic mass is 10.1. The molecule has 0 spiro atoms. The van der Waals surface area contributed by atoms with Crippen LogP contribution in [-0.2, 0) is 0 Å². The number of ether oxygens (including phenoxy) is 2. The normalized spacial score (nSPS) is 12.0. The fourth-order valence-electron chi connectivity index (χ4n) is 2.33. The Labute approximate surface area is 140 Å². The number of rotatable bonds is 7. The zero-order chi connectivity index (χ0) is 16.8. The molecule has 124 valence electrons. The molecule has 0 saturated carbocycles. The van der Waals surface area contributed by atoms with Crippen LogP contribution in [0.15, 0.2) is 35.0 Å². The summed E-state index contributed by atoms with van der Waals surface area (Å²) in [6.45, 7) is 0.539. The van der Waals surface area contributed by atoms with Crippen LogP contribution >= 0.6 is 11.3 Å². The number of likely N-dealkylation sites (N-methyl/N-ethyl adjacent to an activating group) is 1. The van der Waals surface area contributed by atoms with Crippen LogP contribution < -0.4 is 14.8 Å². The quantitative estimate of drug-likeness (QED) is 0.846. The summed E-state index contributed by atoms with van der Waals surface area (Å²) < 4.78 is 10.4. The smallest absolute Gasteiger partial charge is 0.251 e. The van der Waals surface area contributed by atoms with E-state index in [1.54, 1.807) is 43.8 Å². The van der Waals surface area contributed by atoms with Gasteiger partial charge in [-0.3, -0.25) is 4.79 Å². The zero-order valence-electron chi connectivity index (χ0n) is 13.8. The summed E-state index contributed by atoms with van der Waals surface area (Å²) in [5.74, 6) is 1.02. The summed E-state index contributed by atoms with van der Waals surface area (Å²) in [4.78, 5) is 14.5. The van der Waals surface area contributed by atoms with Crippen LogP contribution in [0.3, 0.4) is 0 Å². The summed E-state index contributed by atoms with van der Waals surface area (Å²) in [7, 11) is 7.13. The predicted molar refractivity (Wildman–Crippen MR) is 92.6 cm³/mol. The number of hydrogen-bond acceptors (Lipinski definition) is 5. The Bertz CT molecular complexity index is 641. The second-order valence-corrected chi connectivity index (χ2v) is 6.10. The van der Waals surface area contributed by atoms with E-state index in [1.807, 2.05) is 19.5 Å². The number of methoxy groups -OCH3 is 2. The first-order valence-electron chi connectivity index (χ1n) is 7.25. The van der Waals surface area contributed by atoms with E-state index in [0.717, 1.165) is 0 Å². The largest absolute Gasteiger partial charge is 0.493 e. The minimum atomic E-state index is -0.131. The fourth-order valence-corrected chi connectivity index (χ4v) is 3.04. The molecule has 0 aliphatic heterocycles. The molecule has 1 aromatic carbocycles. The van der Waals surface area contributed by atoms with Crippen molar-refractivity contribution in [2.45, 2.75) is 6.04 Å². The molecule has 1 atom stereocenters. The van der Waals surface area contributed by atoms with Crippen molar-refractivity contribution in [2.75, 3.05) is 34.9 Å². The van der Waals surface area contributed by atoms with Crippen molar-refractivity contribution in [1.82, 2.24) is 10.2 Å². The fraction of sp³-hybridized carbons (Fsp3) is 0.353. The van der Waals surface area contributed by atoms with Crippen molar-refractivity contribution in [2.24, 2.45) is 0 Å². The molecular formula is C17H22N2O3S. The highest BCUT2D eigenvalue weighted by Gasteiger charge is 2.17. The Kier molecular flexibility index (Phi) is 6.01. The lowest BCUT2D eigenvalue weighted by Gasteiger charge is -2.24. The van der Waals surface area contributed by atoms with Gasteiger partial charge in [0.15, 0.2) is 11.5 Å². The van der Waals surface area contributed by atoms with Gasteiger partial charge in [0.1, 0.15) is 0 Å². The maximum absolute atomic E-state index is 12.4. The molecule has 6 heteroatoms. The lowest BCUT2D eigenvalue weighted by molar-refractivity contribution is 0.0941. The first kappa shape index (κ1) is 17.3. The summed E-state index contributed by atoms with van der Waals surface area (Å²) in [5, 5.41) is 7.13. The van der Waals surface area contributed by atoms with Crippen molar-refractivity contribution in [3.63, 3.8) is 0 Å². The van der Waals surface area contributed by atoms with E-state index in [0.29, 0.717) is 23.6 Å². The molecule has 0 bridgehead atoms. The van der Waals surface area contributed by atoms with Crippen molar-refractivity contribution >= 4 is 17.2 Å². The van der Waals surface area contributed by atoms with Crippen molar-refractivity contribution in [1.29, 1.82) is 0 Å². The van der Waals surface area contributed by atoms with E-state index in [4.69, 9.17) is 9.47 Å². The monoisotopic (exact) mass is 334 g/mol. The molecule has 1 amide bonds. The molecule has 0 saturated heterocycles. The second-order valence-electron chi connectivity index (χ2n) is 5.32. The molecule has 0 fully saturated rings. The number of amides is 1. The van der Waals surface area contributed by atoms with Gasteiger partial charge in [-0.25, -0.2) is 0 Å². The summed E-state index contributed by atoms with van der Waals surface area (Å²) in [6, 6.07) is 7.37. The Morgan fingerprint density at radius 2 is 1.96 bits per heavy atom. The molecule has 23 heavy (non-hydrogen) atoms. The van der Waals surface area contributed by atoms with Gasteiger partial charge in [-0.1, -0.05) is 0 Å². The van der Waals surface area contributed by atoms with Gasteiger partial charge in [-0.2, -0.15) is 11.3 Å². The van der Waals surface area contributed by atoms with Crippen molar-refractivity contribution < 1.29 is 14.3 Å². The van der Waals surface area contributed by atoms with Crippen LogP contribution in [0.5, 0.6) is 11.5 Å². The van der Waals surface area contributed by atoms with Crippen LogP contribution in [0.2, 0.25) is 0 Å². The molecule has 0 aliphatic carbocycles. The number of hydrogen-bond donors (Lipinski definition) is 1. The first-order chi connectivity index (χ1) is 11.1. The average Bonchev–Trinajstić information content (AvgIpc) is 3.08. The van der Waals surface area contributed by atoms with Crippen LogP contribution in [0.1, 0.15) is 22.0 Å². The van der Waals surface area contributed by atoms with Crippen molar-refractivity contribution in [3.05, 3.63) is 46.2 Å². The Hall–Kier alpha value is -2.05. The average molecular weight is 334 g/mol. The van der Waals surface area contributed by atoms with Gasteiger partial charge in [0.2, 0.25) is 0 Å². The van der Waals surface area contributed by atoms with E-state index >= 15 is 0 Å². The predicted octanol–water partition coefficient (Wildman–Crippen LogP) is 2.80. The second kappa shape index (κ2) is 7.99. The molecule has 2 aromatic rings. The molecule has 1 heterocycles. The van der Waals surface area contributed by atoms with Gasteiger partial charge >= 0.3 is 0 Å². The van der Waals surface area contributed by atoms with Crippen LogP contribution in [0, 0.1) is 0 Å². The van der Waals surface area contributed by atoms with E-state index in [9.17, 15) is 4.79 Å². The minimum absolute atomic E-state index is 0.131. The number of nitrogens with zero attached hydrogens (tertiary/aromatic N) is 1. The number of thiophene rings is 1. The van der Waals surface area contributed by atoms with E-state index in [2.05, 4.69) is 21.7 Å². The highest BCUT2D eigenvalue weighted by molar-refractivity contribution is 7.07. The van der Waals surface area contributed by atoms with E-state index < -0.39 is 0 Å². The summed E-state index contributed by atoms with van der Waals surface area (Å²) >= 11 is 1.66. The topological polar surface area (TPSA) is 50.8 Å². The third-order valence-corrected chi connectivity index (χ3v) is 4.35. The van der Waals surface area contributed by atoms with Gasteiger partial charge in [-0.05, 0) is 54.7 Å². The van der Waals surface area contributed by atoms with E-state index in [1.165, 1.54) is 5.56 Å². The Morgan fingerprint density at radius 3 is 2.52 bits per heavy atom.